The standard InChI is InChI=1S/C24H24FN3O3S.ClH/c1-17-4-10-21(11-5-17)32(30,31)28-22(19-6-8-20(25)9-7-19)12-13-23(28)24(29)27-16-18-3-2-14-26-15-18;/h2-11,14-15,22-23H,12-13,16H2,1H3,(H,27,29);1H. The fourth-order valence-corrected chi connectivity index (χ4v) is 5.83. The lowest BCUT2D eigenvalue weighted by atomic mass is 10.1. The van der Waals surface area contributed by atoms with E-state index in [0.29, 0.717) is 18.4 Å². The van der Waals surface area contributed by atoms with Crippen LogP contribution in [0.15, 0.2) is 78.0 Å². The van der Waals surface area contributed by atoms with E-state index in [1.54, 1.807) is 54.9 Å². The van der Waals surface area contributed by atoms with Crippen LogP contribution in [0, 0.1) is 12.7 Å². The molecule has 1 saturated heterocycles. The summed E-state index contributed by atoms with van der Waals surface area (Å²) in [6.45, 7) is 2.13. The molecule has 9 heteroatoms. The third-order valence-electron chi connectivity index (χ3n) is 5.67. The van der Waals surface area contributed by atoms with Crippen molar-refractivity contribution in [3.63, 3.8) is 0 Å². The Labute approximate surface area is 199 Å². The number of pyridine rings is 1. The van der Waals surface area contributed by atoms with Crippen molar-refractivity contribution in [3.05, 3.63) is 95.6 Å². The summed E-state index contributed by atoms with van der Waals surface area (Å²) in [5.74, 6) is -0.764. The lowest BCUT2D eigenvalue weighted by molar-refractivity contribution is -0.124. The van der Waals surface area contributed by atoms with Gasteiger partial charge in [-0.3, -0.25) is 9.78 Å². The van der Waals surface area contributed by atoms with E-state index in [1.165, 1.54) is 16.4 Å². The minimum Gasteiger partial charge on any atom is -0.351 e. The molecule has 174 valence electrons. The Morgan fingerprint density at radius 1 is 1.09 bits per heavy atom. The van der Waals surface area contributed by atoms with E-state index in [4.69, 9.17) is 0 Å². The van der Waals surface area contributed by atoms with Gasteiger partial charge in [-0.1, -0.05) is 35.9 Å². The van der Waals surface area contributed by atoms with E-state index in [2.05, 4.69) is 10.3 Å². The first kappa shape index (κ1) is 24.8. The molecule has 0 aliphatic carbocycles. The minimum atomic E-state index is -3.97. The average Bonchev–Trinajstić information content (AvgIpc) is 3.25. The summed E-state index contributed by atoms with van der Waals surface area (Å²) in [5.41, 5.74) is 2.41. The maximum absolute atomic E-state index is 13.6. The molecule has 1 amide bonds. The Bertz CT molecular complexity index is 1190. The molecule has 1 N–H and O–H groups in total. The van der Waals surface area contributed by atoms with Crippen molar-refractivity contribution >= 4 is 28.3 Å². The van der Waals surface area contributed by atoms with E-state index in [9.17, 15) is 17.6 Å². The Hall–Kier alpha value is -2.81. The summed E-state index contributed by atoms with van der Waals surface area (Å²) in [4.78, 5) is 17.3. The van der Waals surface area contributed by atoms with Gasteiger partial charge in [0.05, 0.1) is 10.9 Å². The third kappa shape index (κ3) is 5.40. The fourth-order valence-electron chi connectivity index (χ4n) is 4.01. The summed E-state index contributed by atoms with van der Waals surface area (Å²) >= 11 is 0. The Morgan fingerprint density at radius 3 is 2.42 bits per heavy atom. The zero-order valence-electron chi connectivity index (χ0n) is 18.0. The summed E-state index contributed by atoms with van der Waals surface area (Å²) in [5, 5.41) is 2.84. The number of carbonyl (C=O) groups is 1. The Balaban J connectivity index is 0.00000306. The van der Waals surface area contributed by atoms with Crippen molar-refractivity contribution in [3.8, 4) is 0 Å². The molecule has 1 aliphatic rings. The molecule has 33 heavy (non-hydrogen) atoms. The van der Waals surface area contributed by atoms with Gasteiger partial charge in [0.1, 0.15) is 11.9 Å². The number of amides is 1. The van der Waals surface area contributed by atoms with E-state index < -0.39 is 27.9 Å². The van der Waals surface area contributed by atoms with Gasteiger partial charge in [-0.2, -0.15) is 4.31 Å². The quantitative estimate of drug-likeness (QED) is 0.564. The summed E-state index contributed by atoms with van der Waals surface area (Å²) in [6, 6.07) is 14.5. The number of nitrogens with one attached hydrogen (secondary N) is 1. The van der Waals surface area contributed by atoms with Gasteiger partial charge in [0.25, 0.3) is 0 Å². The molecule has 2 unspecified atom stereocenters. The predicted molar refractivity (Wildman–Crippen MR) is 126 cm³/mol. The summed E-state index contributed by atoms with van der Waals surface area (Å²) in [7, 11) is -3.97. The molecule has 1 aliphatic heterocycles. The first-order valence-corrected chi connectivity index (χ1v) is 11.8. The summed E-state index contributed by atoms with van der Waals surface area (Å²) in [6.07, 6.45) is 4.12. The van der Waals surface area contributed by atoms with Gasteiger partial charge in [0.15, 0.2) is 0 Å². The van der Waals surface area contributed by atoms with Gasteiger partial charge < -0.3 is 5.32 Å². The van der Waals surface area contributed by atoms with Crippen LogP contribution in [0.1, 0.15) is 35.6 Å². The number of halogens is 2. The van der Waals surface area contributed by atoms with Crippen LogP contribution in [0.3, 0.4) is 0 Å². The molecule has 0 bridgehead atoms. The number of sulfonamides is 1. The maximum atomic E-state index is 13.6. The normalized spacial score (nSPS) is 18.5. The highest BCUT2D eigenvalue weighted by Crippen LogP contribution is 2.40. The zero-order chi connectivity index (χ0) is 22.7. The number of hydrogen-bond acceptors (Lipinski definition) is 4. The molecule has 2 aromatic carbocycles. The van der Waals surface area contributed by atoms with Crippen molar-refractivity contribution < 1.29 is 17.6 Å². The smallest absolute Gasteiger partial charge is 0.244 e. The Kier molecular flexibility index (Phi) is 7.84. The SMILES string of the molecule is Cc1ccc(S(=O)(=O)N2C(C(=O)NCc3cccnc3)CCC2c2ccc(F)cc2)cc1.Cl. The molecular formula is C24H25ClFN3O3S. The molecule has 1 fully saturated rings. The highest BCUT2D eigenvalue weighted by molar-refractivity contribution is 7.89. The number of rotatable bonds is 6. The number of nitrogens with zero attached hydrogens (tertiary/aromatic N) is 2. The van der Waals surface area contributed by atoms with Crippen LogP contribution < -0.4 is 5.32 Å². The molecule has 6 nitrogen and oxygen atoms in total. The average molecular weight is 490 g/mol. The van der Waals surface area contributed by atoms with E-state index >= 15 is 0 Å². The molecule has 4 rings (SSSR count). The lowest BCUT2D eigenvalue weighted by Gasteiger charge is -2.29. The second-order valence-corrected chi connectivity index (χ2v) is 9.73. The van der Waals surface area contributed by atoms with Gasteiger partial charge in [0.2, 0.25) is 15.9 Å². The zero-order valence-corrected chi connectivity index (χ0v) is 19.7. The third-order valence-corrected chi connectivity index (χ3v) is 7.60. The monoisotopic (exact) mass is 489 g/mol. The molecule has 2 atom stereocenters. The molecule has 1 aromatic heterocycles. The number of hydrogen-bond donors (Lipinski definition) is 1. The minimum absolute atomic E-state index is 0. The molecule has 0 spiro atoms. The van der Waals surface area contributed by atoms with Crippen LogP contribution in [0.2, 0.25) is 0 Å². The van der Waals surface area contributed by atoms with Gasteiger partial charge in [0, 0.05) is 18.9 Å². The van der Waals surface area contributed by atoms with Crippen molar-refractivity contribution in [1.29, 1.82) is 0 Å². The lowest BCUT2D eigenvalue weighted by Crippen LogP contribution is -2.46. The predicted octanol–water partition coefficient (Wildman–Crippen LogP) is 4.16. The van der Waals surface area contributed by atoms with Crippen LogP contribution in [0.4, 0.5) is 4.39 Å². The molecule has 0 saturated carbocycles. The molecule has 2 heterocycles. The first-order valence-electron chi connectivity index (χ1n) is 10.4. The highest BCUT2D eigenvalue weighted by Gasteiger charge is 2.46. The van der Waals surface area contributed by atoms with Crippen LogP contribution in [-0.4, -0.2) is 29.7 Å². The second-order valence-electron chi connectivity index (χ2n) is 7.89. The largest absolute Gasteiger partial charge is 0.351 e. The van der Waals surface area contributed by atoms with E-state index in [-0.39, 0.29) is 29.8 Å². The van der Waals surface area contributed by atoms with Gasteiger partial charge in [-0.25, -0.2) is 12.8 Å². The van der Waals surface area contributed by atoms with Gasteiger partial charge in [-0.05, 0) is 61.2 Å². The number of aromatic nitrogens is 1. The highest BCUT2D eigenvalue weighted by atomic mass is 35.5. The second kappa shape index (κ2) is 10.4. The van der Waals surface area contributed by atoms with Crippen molar-refractivity contribution in [2.45, 2.75) is 43.3 Å². The van der Waals surface area contributed by atoms with Crippen LogP contribution in [0.25, 0.3) is 0 Å². The Morgan fingerprint density at radius 2 is 1.79 bits per heavy atom. The molecule has 0 radical (unpaired) electrons. The first-order chi connectivity index (χ1) is 15.4. The molecular weight excluding hydrogens is 465 g/mol. The van der Waals surface area contributed by atoms with E-state index in [0.717, 1.165) is 11.1 Å². The number of carbonyl (C=O) groups excluding carboxylic acids is 1. The summed E-state index contributed by atoms with van der Waals surface area (Å²) < 4.78 is 42.0. The van der Waals surface area contributed by atoms with Crippen LogP contribution in [0.5, 0.6) is 0 Å². The topological polar surface area (TPSA) is 79.4 Å². The maximum Gasteiger partial charge on any atom is 0.244 e. The number of aryl methyl sites for hydroxylation is 1. The number of benzene rings is 2. The molecule has 3 aromatic rings. The van der Waals surface area contributed by atoms with Crippen molar-refractivity contribution in [2.24, 2.45) is 0 Å². The van der Waals surface area contributed by atoms with Crippen LogP contribution >= 0.6 is 12.4 Å². The van der Waals surface area contributed by atoms with Crippen molar-refractivity contribution in [2.75, 3.05) is 0 Å². The van der Waals surface area contributed by atoms with Gasteiger partial charge in [-0.15, -0.1) is 12.4 Å². The van der Waals surface area contributed by atoms with Crippen LogP contribution in [-0.2, 0) is 21.4 Å². The fraction of sp³-hybridized carbons (Fsp3) is 0.250. The van der Waals surface area contributed by atoms with Gasteiger partial charge >= 0.3 is 0 Å². The van der Waals surface area contributed by atoms with E-state index in [1.807, 2.05) is 13.0 Å². The van der Waals surface area contributed by atoms with Crippen molar-refractivity contribution in [1.82, 2.24) is 14.6 Å².